The van der Waals surface area contributed by atoms with Crippen molar-refractivity contribution in [3.8, 4) is 0 Å². The molecule has 1 aromatic heterocycles. The summed E-state index contributed by atoms with van der Waals surface area (Å²) in [6.45, 7) is 5.64. The number of aromatic amines is 1. The van der Waals surface area contributed by atoms with E-state index >= 15 is 0 Å². The van der Waals surface area contributed by atoms with Crippen LogP contribution in [0, 0.1) is 0 Å². The van der Waals surface area contributed by atoms with Gasteiger partial charge in [0.25, 0.3) is 0 Å². The standard InChI is InChI=1S/C19H23N5/c1-23-10-12-24(13-11-23)14-15-6-8-16(9-7-15)20-19-21-17-4-2-3-5-18(17)22-19/h2-9H,10-14H2,1H3,(H2,20,21,22). The minimum absolute atomic E-state index is 0.781. The molecule has 0 amide bonds. The molecule has 2 N–H and O–H groups in total. The van der Waals surface area contributed by atoms with Gasteiger partial charge in [-0.2, -0.15) is 0 Å². The van der Waals surface area contributed by atoms with E-state index in [0.717, 1.165) is 55.4 Å². The van der Waals surface area contributed by atoms with Crippen LogP contribution in [0.3, 0.4) is 0 Å². The lowest BCUT2D eigenvalue weighted by atomic mass is 10.2. The summed E-state index contributed by atoms with van der Waals surface area (Å²) in [7, 11) is 2.19. The molecule has 0 spiro atoms. The second kappa shape index (κ2) is 6.63. The number of imidazole rings is 1. The molecule has 1 saturated heterocycles. The molecule has 5 heteroatoms. The van der Waals surface area contributed by atoms with Gasteiger partial charge in [0.15, 0.2) is 0 Å². The van der Waals surface area contributed by atoms with Crippen LogP contribution >= 0.6 is 0 Å². The fraction of sp³-hybridized carbons (Fsp3) is 0.316. The zero-order chi connectivity index (χ0) is 16.4. The molecular weight excluding hydrogens is 298 g/mol. The maximum Gasteiger partial charge on any atom is 0.205 e. The third-order valence-corrected chi connectivity index (χ3v) is 4.61. The van der Waals surface area contributed by atoms with Gasteiger partial charge in [-0.15, -0.1) is 0 Å². The van der Waals surface area contributed by atoms with E-state index in [0.29, 0.717) is 0 Å². The number of anilines is 2. The Morgan fingerprint density at radius 1 is 1.00 bits per heavy atom. The molecule has 2 aromatic carbocycles. The molecule has 1 fully saturated rings. The number of para-hydroxylation sites is 2. The molecular formula is C19H23N5. The van der Waals surface area contributed by atoms with Crippen LogP contribution in [0.15, 0.2) is 48.5 Å². The van der Waals surface area contributed by atoms with E-state index in [1.165, 1.54) is 5.56 Å². The molecule has 0 aliphatic carbocycles. The van der Waals surface area contributed by atoms with Crippen LogP contribution in [0.2, 0.25) is 0 Å². The Labute approximate surface area is 142 Å². The topological polar surface area (TPSA) is 47.2 Å². The summed E-state index contributed by atoms with van der Waals surface area (Å²) in [5.41, 5.74) is 4.43. The highest BCUT2D eigenvalue weighted by Gasteiger charge is 2.13. The number of hydrogen-bond donors (Lipinski definition) is 2. The van der Waals surface area contributed by atoms with Gasteiger partial charge in [0.05, 0.1) is 11.0 Å². The summed E-state index contributed by atoms with van der Waals surface area (Å²) in [5.74, 6) is 0.781. The second-order valence-corrected chi connectivity index (χ2v) is 6.50. The Bertz CT molecular complexity index is 767. The third kappa shape index (κ3) is 3.42. The number of fused-ring (bicyclic) bond motifs is 1. The highest BCUT2D eigenvalue weighted by Crippen LogP contribution is 2.19. The van der Waals surface area contributed by atoms with Crippen molar-refractivity contribution >= 4 is 22.7 Å². The van der Waals surface area contributed by atoms with E-state index in [1.807, 2.05) is 24.3 Å². The van der Waals surface area contributed by atoms with Crippen LogP contribution in [0.5, 0.6) is 0 Å². The van der Waals surface area contributed by atoms with Crippen LogP contribution < -0.4 is 5.32 Å². The van der Waals surface area contributed by atoms with Gasteiger partial charge in [-0.25, -0.2) is 4.98 Å². The Morgan fingerprint density at radius 3 is 2.50 bits per heavy atom. The first-order valence-electron chi connectivity index (χ1n) is 8.48. The SMILES string of the molecule is CN1CCN(Cc2ccc(Nc3nc4ccccc4[nH]3)cc2)CC1. The normalized spacial score (nSPS) is 16.5. The molecule has 4 rings (SSSR count). The van der Waals surface area contributed by atoms with Crippen LogP contribution in [0.1, 0.15) is 5.56 Å². The van der Waals surface area contributed by atoms with Crippen molar-refractivity contribution < 1.29 is 0 Å². The number of nitrogens with one attached hydrogen (secondary N) is 2. The van der Waals surface area contributed by atoms with E-state index in [1.54, 1.807) is 0 Å². The molecule has 3 aromatic rings. The minimum Gasteiger partial charge on any atom is -0.326 e. The lowest BCUT2D eigenvalue weighted by molar-refractivity contribution is 0.148. The quantitative estimate of drug-likeness (QED) is 0.775. The number of H-pyrrole nitrogens is 1. The summed E-state index contributed by atoms with van der Waals surface area (Å²) < 4.78 is 0. The monoisotopic (exact) mass is 321 g/mol. The van der Waals surface area contributed by atoms with Crippen molar-refractivity contribution in [2.75, 3.05) is 38.5 Å². The van der Waals surface area contributed by atoms with E-state index in [9.17, 15) is 0 Å². The van der Waals surface area contributed by atoms with Gasteiger partial charge in [0.1, 0.15) is 0 Å². The predicted molar refractivity (Wildman–Crippen MR) is 98.6 cm³/mol. The van der Waals surface area contributed by atoms with Crippen molar-refractivity contribution in [3.05, 3.63) is 54.1 Å². The molecule has 0 saturated carbocycles. The summed E-state index contributed by atoms with van der Waals surface area (Å²) in [4.78, 5) is 12.7. The zero-order valence-electron chi connectivity index (χ0n) is 14.0. The lowest BCUT2D eigenvalue weighted by Crippen LogP contribution is -2.43. The highest BCUT2D eigenvalue weighted by atomic mass is 15.2. The molecule has 1 aliphatic rings. The average molecular weight is 321 g/mol. The first-order chi connectivity index (χ1) is 11.8. The van der Waals surface area contributed by atoms with Crippen molar-refractivity contribution in [1.82, 2.24) is 19.8 Å². The molecule has 0 atom stereocenters. The van der Waals surface area contributed by atoms with Gasteiger partial charge >= 0.3 is 0 Å². The van der Waals surface area contributed by atoms with Gasteiger partial charge in [-0.1, -0.05) is 24.3 Å². The van der Waals surface area contributed by atoms with Gasteiger partial charge < -0.3 is 15.2 Å². The molecule has 24 heavy (non-hydrogen) atoms. The maximum atomic E-state index is 4.55. The Balaban J connectivity index is 1.40. The second-order valence-electron chi connectivity index (χ2n) is 6.50. The maximum absolute atomic E-state index is 4.55. The van der Waals surface area contributed by atoms with Gasteiger partial charge in [0.2, 0.25) is 5.95 Å². The smallest absolute Gasteiger partial charge is 0.205 e. The van der Waals surface area contributed by atoms with Gasteiger partial charge in [-0.3, -0.25) is 4.90 Å². The molecule has 2 heterocycles. The summed E-state index contributed by atoms with van der Waals surface area (Å²) >= 11 is 0. The van der Waals surface area contributed by atoms with E-state index in [-0.39, 0.29) is 0 Å². The number of nitrogens with zero attached hydrogens (tertiary/aromatic N) is 3. The van der Waals surface area contributed by atoms with Crippen molar-refractivity contribution in [3.63, 3.8) is 0 Å². The number of likely N-dealkylation sites (N-methyl/N-ethyl adjacent to an activating group) is 1. The van der Waals surface area contributed by atoms with Crippen molar-refractivity contribution in [1.29, 1.82) is 0 Å². The largest absolute Gasteiger partial charge is 0.326 e. The first kappa shape index (κ1) is 15.2. The Hall–Kier alpha value is -2.37. The van der Waals surface area contributed by atoms with Crippen molar-refractivity contribution in [2.45, 2.75) is 6.54 Å². The minimum atomic E-state index is 0.781. The summed E-state index contributed by atoms with van der Waals surface area (Å²) in [6, 6.07) is 16.7. The fourth-order valence-electron chi connectivity index (χ4n) is 3.11. The van der Waals surface area contributed by atoms with E-state index in [2.05, 4.69) is 56.4 Å². The van der Waals surface area contributed by atoms with Crippen LogP contribution in [0.4, 0.5) is 11.6 Å². The highest BCUT2D eigenvalue weighted by molar-refractivity contribution is 5.78. The number of piperazine rings is 1. The van der Waals surface area contributed by atoms with E-state index in [4.69, 9.17) is 0 Å². The van der Waals surface area contributed by atoms with Crippen LogP contribution in [-0.4, -0.2) is 53.0 Å². The first-order valence-corrected chi connectivity index (χ1v) is 8.48. The molecule has 1 aliphatic heterocycles. The van der Waals surface area contributed by atoms with Crippen LogP contribution in [-0.2, 0) is 6.54 Å². The molecule has 0 unspecified atom stereocenters. The number of hydrogen-bond acceptors (Lipinski definition) is 4. The molecule has 0 bridgehead atoms. The Morgan fingerprint density at radius 2 is 1.75 bits per heavy atom. The Kier molecular flexibility index (Phi) is 4.19. The number of benzene rings is 2. The summed E-state index contributed by atoms with van der Waals surface area (Å²) in [5, 5.41) is 3.34. The number of rotatable bonds is 4. The fourth-order valence-corrected chi connectivity index (χ4v) is 3.11. The predicted octanol–water partition coefficient (Wildman–Crippen LogP) is 3.05. The molecule has 5 nitrogen and oxygen atoms in total. The number of aromatic nitrogens is 2. The summed E-state index contributed by atoms with van der Waals surface area (Å²) in [6.07, 6.45) is 0. The molecule has 0 radical (unpaired) electrons. The average Bonchev–Trinajstić information content (AvgIpc) is 3.01. The van der Waals surface area contributed by atoms with E-state index < -0.39 is 0 Å². The zero-order valence-corrected chi connectivity index (χ0v) is 14.0. The molecule has 124 valence electrons. The van der Waals surface area contributed by atoms with Crippen LogP contribution in [0.25, 0.3) is 11.0 Å². The van der Waals surface area contributed by atoms with Gasteiger partial charge in [-0.05, 0) is 36.9 Å². The lowest BCUT2D eigenvalue weighted by Gasteiger charge is -2.32. The van der Waals surface area contributed by atoms with Crippen molar-refractivity contribution in [2.24, 2.45) is 0 Å². The third-order valence-electron chi connectivity index (χ3n) is 4.61. The van der Waals surface area contributed by atoms with Gasteiger partial charge in [0, 0.05) is 38.4 Å².